The van der Waals surface area contributed by atoms with Crippen LogP contribution in [0.3, 0.4) is 0 Å². The van der Waals surface area contributed by atoms with Crippen LogP contribution < -0.4 is 5.32 Å². The first-order chi connectivity index (χ1) is 7.75. The van der Waals surface area contributed by atoms with Gasteiger partial charge < -0.3 is 9.88 Å². The average molecular weight is 215 g/mol. The Balaban J connectivity index is 1.91. The standard InChI is InChI=1S/C13H17N3/c1-11(13-4-3-6-14-9-13)15-8-12-5-7-16(2)10-12/h3-7,9-11,15H,8H2,1-2H3/t11-/m0/s1. The highest BCUT2D eigenvalue weighted by molar-refractivity contribution is 5.14. The molecule has 2 aromatic rings. The SMILES string of the molecule is C[C@H](NCc1ccn(C)c1)c1cccnc1. The first-order valence-corrected chi connectivity index (χ1v) is 5.50. The summed E-state index contributed by atoms with van der Waals surface area (Å²) in [6.45, 7) is 3.04. The number of rotatable bonds is 4. The van der Waals surface area contributed by atoms with Gasteiger partial charge in [0.2, 0.25) is 0 Å². The molecule has 0 amide bonds. The summed E-state index contributed by atoms with van der Waals surface area (Å²) in [5.41, 5.74) is 2.52. The predicted octanol–water partition coefficient (Wildman–Crippen LogP) is 2.27. The van der Waals surface area contributed by atoms with Crippen molar-refractivity contribution in [3.05, 3.63) is 54.1 Å². The van der Waals surface area contributed by atoms with E-state index in [1.807, 2.05) is 19.3 Å². The molecule has 3 heteroatoms. The number of nitrogens with zero attached hydrogens (tertiary/aromatic N) is 2. The molecule has 0 radical (unpaired) electrons. The molecule has 0 aliphatic carbocycles. The van der Waals surface area contributed by atoms with Gasteiger partial charge in [0, 0.05) is 44.4 Å². The lowest BCUT2D eigenvalue weighted by atomic mass is 10.1. The molecule has 1 N–H and O–H groups in total. The molecule has 2 heterocycles. The number of hydrogen-bond donors (Lipinski definition) is 1. The van der Waals surface area contributed by atoms with Crippen LogP contribution in [0.25, 0.3) is 0 Å². The van der Waals surface area contributed by atoms with Gasteiger partial charge in [-0.3, -0.25) is 4.98 Å². The second-order valence-corrected chi connectivity index (χ2v) is 4.07. The van der Waals surface area contributed by atoms with E-state index in [2.05, 4.69) is 46.3 Å². The van der Waals surface area contributed by atoms with E-state index in [9.17, 15) is 0 Å². The summed E-state index contributed by atoms with van der Waals surface area (Å²) in [6.07, 6.45) is 7.89. The molecule has 0 saturated heterocycles. The van der Waals surface area contributed by atoms with Crippen LogP contribution >= 0.6 is 0 Å². The molecule has 0 fully saturated rings. The van der Waals surface area contributed by atoms with Crippen LogP contribution in [0.4, 0.5) is 0 Å². The van der Waals surface area contributed by atoms with Crippen molar-refractivity contribution in [2.45, 2.75) is 19.5 Å². The Morgan fingerprint density at radius 2 is 2.31 bits per heavy atom. The number of nitrogens with one attached hydrogen (secondary N) is 1. The third-order valence-electron chi connectivity index (χ3n) is 2.69. The van der Waals surface area contributed by atoms with Gasteiger partial charge in [0.05, 0.1) is 0 Å². The van der Waals surface area contributed by atoms with Crippen LogP contribution in [0.5, 0.6) is 0 Å². The number of pyridine rings is 1. The van der Waals surface area contributed by atoms with E-state index in [4.69, 9.17) is 0 Å². The highest BCUT2D eigenvalue weighted by Gasteiger charge is 2.04. The quantitative estimate of drug-likeness (QED) is 0.848. The van der Waals surface area contributed by atoms with Gasteiger partial charge in [0.1, 0.15) is 0 Å². The molecular weight excluding hydrogens is 198 g/mol. The van der Waals surface area contributed by atoms with Crippen molar-refractivity contribution in [1.29, 1.82) is 0 Å². The summed E-state index contributed by atoms with van der Waals surface area (Å²) in [5, 5.41) is 3.48. The molecule has 0 aliphatic rings. The molecule has 16 heavy (non-hydrogen) atoms. The van der Waals surface area contributed by atoms with Crippen molar-refractivity contribution in [3.63, 3.8) is 0 Å². The van der Waals surface area contributed by atoms with Gasteiger partial charge in [-0.25, -0.2) is 0 Å². The summed E-state index contributed by atoms with van der Waals surface area (Å²) in [5.74, 6) is 0. The highest BCUT2D eigenvalue weighted by atomic mass is 14.9. The van der Waals surface area contributed by atoms with Crippen molar-refractivity contribution in [3.8, 4) is 0 Å². The fraction of sp³-hybridized carbons (Fsp3) is 0.308. The Morgan fingerprint density at radius 1 is 1.44 bits per heavy atom. The monoisotopic (exact) mass is 215 g/mol. The fourth-order valence-electron chi connectivity index (χ4n) is 1.69. The minimum Gasteiger partial charge on any atom is -0.357 e. The van der Waals surface area contributed by atoms with Gasteiger partial charge in [-0.15, -0.1) is 0 Å². The first kappa shape index (κ1) is 10.9. The lowest BCUT2D eigenvalue weighted by Crippen LogP contribution is -2.17. The van der Waals surface area contributed by atoms with Crippen molar-refractivity contribution >= 4 is 0 Å². The molecule has 2 aromatic heterocycles. The largest absolute Gasteiger partial charge is 0.357 e. The lowest BCUT2D eigenvalue weighted by Gasteiger charge is -2.12. The zero-order valence-electron chi connectivity index (χ0n) is 9.72. The number of aromatic nitrogens is 2. The Labute approximate surface area is 96.1 Å². The Hall–Kier alpha value is -1.61. The summed E-state index contributed by atoms with van der Waals surface area (Å²) < 4.78 is 2.06. The van der Waals surface area contributed by atoms with Gasteiger partial charge >= 0.3 is 0 Å². The van der Waals surface area contributed by atoms with Crippen LogP contribution in [0.15, 0.2) is 43.0 Å². The van der Waals surface area contributed by atoms with E-state index >= 15 is 0 Å². The van der Waals surface area contributed by atoms with E-state index in [-0.39, 0.29) is 0 Å². The minimum atomic E-state index is 0.328. The highest BCUT2D eigenvalue weighted by Crippen LogP contribution is 2.11. The number of hydrogen-bond acceptors (Lipinski definition) is 2. The van der Waals surface area contributed by atoms with Gasteiger partial charge in [-0.2, -0.15) is 0 Å². The molecule has 1 atom stereocenters. The second kappa shape index (κ2) is 4.94. The zero-order valence-corrected chi connectivity index (χ0v) is 9.72. The molecule has 2 rings (SSSR count). The zero-order chi connectivity index (χ0) is 11.4. The van der Waals surface area contributed by atoms with Crippen LogP contribution in [0.2, 0.25) is 0 Å². The van der Waals surface area contributed by atoms with Crippen molar-refractivity contribution in [2.75, 3.05) is 0 Å². The van der Waals surface area contributed by atoms with E-state index in [1.54, 1.807) is 6.20 Å². The van der Waals surface area contributed by atoms with Crippen LogP contribution in [-0.4, -0.2) is 9.55 Å². The third kappa shape index (κ3) is 2.70. The second-order valence-electron chi connectivity index (χ2n) is 4.07. The van der Waals surface area contributed by atoms with E-state index in [0.29, 0.717) is 6.04 Å². The summed E-state index contributed by atoms with van der Waals surface area (Å²) >= 11 is 0. The maximum Gasteiger partial charge on any atom is 0.0315 e. The van der Waals surface area contributed by atoms with E-state index < -0.39 is 0 Å². The molecule has 0 spiro atoms. The summed E-state index contributed by atoms with van der Waals surface area (Å²) in [7, 11) is 2.04. The van der Waals surface area contributed by atoms with Crippen LogP contribution in [-0.2, 0) is 13.6 Å². The Kier molecular flexibility index (Phi) is 3.37. The molecule has 0 saturated carbocycles. The maximum absolute atomic E-state index is 4.12. The molecule has 0 unspecified atom stereocenters. The van der Waals surface area contributed by atoms with Crippen molar-refractivity contribution < 1.29 is 0 Å². The van der Waals surface area contributed by atoms with E-state index in [1.165, 1.54) is 11.1 Å². The van der Waals surface area contributed by atoms with Crippen LogP contribution in [0, 0.1) is 0 Å². The normalized spacial score (nSPS) is 12.6. The lowest BCUT2D eigenvalue weighted by molar-refractivity contribution is 0.573. The molecule has 3 nitrogen and oxygen atoms in total. The fourth-order valence-corrected chi connectivity index (χ4v) is 1.69. The minimum absolute atomic E-state index is 0.328. The first-order valence-electron chi connectivity index (χ1n) is 5.50. The molecule has 0 bridgehead atoms. The van der Waals surface area contributed by atoms with Crippen molar-refractivity contribution in [2.24, 2.45) is 7.05 Å². The Bertz CT molecular complexity index is 433. The molecular formula is C13H17N3. The van der Waals surface area contributed by atoms with Gasteiger partial charge in [-0.05, 0) is 30.2 Å². The molecule has 84 valence electrons. The molecule has 0 aromatic carbocycles. The van der Waals surface area contributed by atoms with Gasteiger partial charge in [0.15, 0.2) is 0 Å². The summed E-state index contributed by atoms with van der Waals surface area (Å²) in [4.78, 5) is 4.12. The summed E-state index contributed by atoms with van der Waals surface area (Å²) in [6, 6.07) is 6.52. The smallest absolute Gasteiger partial charge is 0.0315 e. The third-order valence-corrected chi connectivity index (χ3v) is 2.69. The van der Waals surface area contributed by atoms with Gasteiger partial charge in [0.25, 0.3) is 0 Å². The predicted molar refractivity (Wildman–Crippen MR) is 64.9 cm³/mol. The molecule has 0 aliphatic heterocycles. The topological polar surface area (TPSA) is 29.9 Å². The van der Waals surface area contributed by atoms with Gasteiger partial charge in [-0.1, -0.05) is 6.07 Å². The van der Waals surface area contributed by atoms with E-state index in [0.717, 1.165) is 6.54 Å². The average Bonchev–Trinajstić information content (AvgIpc) is 2.73. The maximum atomic E-state index is 4.12. The van der Waals surface area contributed by atoms with Crippen LogP contribution in [0.1, 0.15) is 24.1 Å². The van der Waals surface area contributed by atoms with Crippen molar-refractivity contribution in [1.82, 2.24) is 14.9 Å². The number of aryl methyl sites for hydroxylation is 1. The Morgan fingerprint density at radius 3 is 2.94 bits per heavy atom.